The largest absolute Gasteiger partial charge is 0.497 e. The van der Waals surface area contributed by atoms with Gasteiger partial charge in [0.05, 0.1) is 52.2 Å². The molecule has 0 aromatic heterocycles. The zero-order valence-electron chi connectivity index (χ0n) is 27.4. The summed E-state index contributed by atoms with van der Waals surface area (Å²) in [4.78, 5) is 13.5. The third-order valence-electron chi connectivity index (χ3n) is 9.72. The van der Waals surface area contributed by atoms with Crippen molar-refractivity contribution in [2.75, 3.05) is 41.2 Å². The van der Waals surface area contributed by atoms with Gasteiger partial charge in [0.2, 0.25) is 0 Å². The molecule has 10 nitrogen and oxygen atoms in total. The molecule has 0 bridgehead atoms. The summed E-state index contributed by atoms with van der Waals surface area (Å²) in [5.41, 5.74) is -1.77. The van der Waals surface area contributed by atoms with Crippen molar-refractivity contribution in [3.8, 4) is 11.5 Å². The molecule has 1 aliphatic heterocycles. The van der Waals surface area contributed by atoms with Gasteiger partial charge in [-0.2, -0.15) is 0 Å². The van der Waals surface area contributed by atoms with Gasteiger partial charge in [-0.25, -0.2) is 0 Å². The standard InChI is InChI=1S/C35H50O10/c1-23(19-44-21-25-9-13-27(41-5)14-10-25)17-34(39,22-36)35-28(18-33(35,2)3)30(32(38)45-35)31(37)29(42-6)15-16-43-20-24-7-11-26(40-4)12-8-24/h7-14,23,28-31,36-37,39H,15-22H2,1-6H3/t23-,28-,29-,30+,31+,34-,35+/m0/s1. The molecule has 4 rings (SSSR count). The van der Waals surface area contributed by atoms with Gasteiger partial charge in [0.15, 0.2) is 5.60 Å². The number of fused-ring (bicyclic) bond motifs is 1. The smallest absolute Gasteiger partial charge is 0.312 e. The summed E-state index contributed by atoms with van der Waals surface area (Å²) < 4.78 is 33.9. The van der Waals surface area contributed by atoms with E-state index in [0.29, 0.717) is 39.3 Å². The van der Waals surface area contributed by atoms with Crippen molar-refractivity contribution in [3.05, 3.63) is 59.7 Å². The average molecular weight is 631 g/mol. The molecule has 3 N–H and O–H groups in total. The molecule has 45 heavy (non-hydrogen) atoms. The molecule has 2 aliphatic rings. The first-order chi connectivity index (χ1) is 21.4. The maximum atomic E-state index is 13.5. The lowest BCUT2D eigenvalue weighted by Crippen LogP contribution is -2.75. The van der Waals surface area contributed by atoms with Gasteiger partial charge in [0, 0.05) is 31.7 Å². The molecule has 1 heterocycles. The van der Waals surface area contributed by atoms with Crippen LogP contribution in [0.4, 0.5) is 0 Å². The molecule has 0 unspecified atom stereocenters. The highest BCUT2D eigenvalue weighted by atomic mass is 16.6. The number of rotatable bonds is 18. The summed E-state index contributed by atoms with van der Waals surface area (Å²) in [6.07, 6.45) is -0.827. The van der Waals surface area contributed by atoms with Crippen LogP contribution in [0.25, 0.3) is 0 Å². The van der Waals surface area contributed by atoms with Crippen molar-refractivity contribution in [1.82, 2.24) is 0 Å². The predicted octanol–water partition coefficient (Wildman–Crippen LogP) is 3.91. The van der Waals surface area contributed by atoms with Crippen LogP contribution >= 0.6 is 0 Å². The Kier molecular flexibility index (Phi) is 11.5. The van der Waals surface area contributed by atoms with Gasteiger partial charge in [-0.15, -0.1) is 0 Å². The molecule has 0 spiro atoms. The molecule has 1 saturated carbocycles. The number of benzene rings is 2. The number of carbonyl (C=O) groups excluding carboxylic acids is 1. The van der Waals surface area contributed by atoms with Gasteiger partial charge in [-0.3, -0.25) is 4.79 Å². The van der Waals surface area contributed by atoms with Crippen LogP contribution in [0.1, 0.15) is 51.2 Å². The Labute approximate surface area is 266 Å². The Bertz CT molecular complexity index is 1230. The van der Waals surface area contributed by atoms with Gasteiger partial charge in [-0.1, -0.05) is 45.0 Å². The Morgan fingerprint density at radius 1 is 0.956 bits per heavy atom. The van der Waals surface area contributed by atoms with Crippen molar-refractivity contribution >= 4 is 5.97 Å². The van der Waals surface area contributed by atoms with Crippen LogP contribution in [-0.4, -0.2) is 85.8 Å². The fourth-order valence-corrected chi connectivity index (χ4v) is 7.49. The summed E-state index contributed by atoms with van der Waals surface area (Å²) in [5.74, 6) is -0.637. The second kappa shape index (κ2) is 14.8. The van der Waals surface area contributed by atoms with Crippen molar-refractivity contribution in [1.29, 1.82) is 0 Å². The van der Waals surface area contributed by atoms with Gasteiger partial charge in [0.25, 0.3) is 0 Å². The molecule has 250 valence electrons. The molecule has 0 radical (unpaired) electrons. The average Bonchev–Trinajstić information content (AvgIpc) is 3.30. The van der Waals surface area contributed by atoms with Gasteiger partial charge >= 0.3 is 5.97 Å². The van der Waals surface area contributed by atoms with Crippen LogP contribution in [0.15, 0.2) is 48.5 Å². The van der Waals surface area contributed by atoms with Crippen LogP contribution in [0.3, 0.4) is 0 Å². The second-order valence-corrected chi connectivity index (χ2v) is 13.2. The van der Waals surface area contributed by atoms with Gasteiger partial charge in [-0.05, 0) is 60.6 Å². The maximum Gasteiger partial charge on any atom is 0.312 e. The monoisotopic (exact) mass is 630 g/mol. The lowest BCUT2D eigenvalue weighted by molar-refractivity contribution is -0.295. The first-order valence-corrected chi connectivity index (χ1v) is 15.6. The van der Waals surface area contributed by atoms with E-state index in [1.807, 2.05) is 69.3 Å². The third-order valence-corrected chi connectivity index (χ3v) is 9.72. The number of aliphatic hydroxyl groups excluding tert-OH is 2. The molecule has 2 aromatic carbocycles. The molecule has 10 heteroatoms. The molecule has 2 fully saturated rings. The zero-order chi connectivity index (χ0) is 32.8. The first-order valence-electron chi connectivity index (χ1n) is 15.6. The minimum atomic E-state index is -1.74. The number of hydrogen-bond acceptors (Lipinski definition) is 10. The molecule has 2 aromatic rings. The van der Waals surface area contributed by atoms with Crippen LogP contribution < -0.4 is 9.47 Å². The van der Waals surface area contributed by atoms with Crippen LogP contribution in [-0.2, 0) is 37.0 Å². The zero-order valence-corrected chi connectivity index (χ0v) is 27.4. The molecular formula is C35H50O10. The van der Waals surface area contributed by atoms with Crippen LogP contribution in [0.2, 0.25) is 0 Å². The fourth-order valence-electron chi connectivity index (χ4n) is 7.49. The predicted molar refractivity (Wildman–Crippen MR) is 167 cm³/mol. The van der Waals surface area contributed by atoms with Crippen molar-refractivity contribution in [3.63, 3.8) is 0 Å². The fraction of sp³-hybridized carbons (Fsp3) is 0.629. The quantitative estimate of drug-likeness (QED) is 0.165. The molecule has 0 amide bonds. The highest BCUT2D eigenvalue weighted by Gasteiger charge is 2.79. The Morgan fingerprint density at radius 2 is 1.51 bits per heavy atom. The number of aliphatic hydroxyl groups is 3. The van der Waals surface area contributed by atoms with E-state index in [4.69, 9.17) is 28.4 Å². The highest BCUT2D eigenvalue weighted by Crippen LogP contribution is 2.68. The normalized spacial score (nSPS) is 25.3. The van der Waals surface area contributed by atoms with Crippen LogP contribution in [0.5, 0.6) is 11.5 Å². The SMILES string of the molecule is COc1ccc(COCC[C@H](OC)[C@@H](O)[C@@H]2C(=O)O[C@]3([C@@](O)(CO)C[C@H](C)COCc4ccc(OC)cc4)[C@H]2CC3(C)C)cc1. The van der Waals surface area contributed by atoms with Crippen molar-refractivity contribution < 1.29 is 48.5 Å². The maximum absolute atomic E-state index is 13.5. The summed E-state index contributed by atoms with van der Waals surface area (Å²) in [6, 6.07) is 15.2. The van der Waals surface area contributed by atoms with E-state index in [2.05, 4.69) is 0 Å². The van der Waals surface area contributed by atoms with E-state index >= 15 is 0 Å². The molecule has 7 atom stereocenters. The molecular weight excluding hydrogens is 580 g/mol. The van der Waals surface area contributed by atoms with Gasteiger partial charge in [0.1, 0.15) is 17.1 Å². The second-order valence-electron chi connectivity index (χ2n) is 13.2. The van der Waals surface area contributed by atoms with Crippen molar-refractivity contribution in [2.24, 2.45) is 23.2 Å². The van der Waals surface area contributed by atoms with E-state index in [1.54, 1.807) is 14.2 Å². The molecule has 1 saturated heterocycles. The van der Waals surface area contributed by atoms with E-state index in [9.17, 15) is 20.1 Å². The Morgan fingerprint density at radius 3 is 2.00 bits per heavy atom. The van der Waals surface area contributed by atoms with Gasteiger partial charge < -0.3 is 43.7 Å². The minimum absolute atomic E-state index is 0.148. The summed E-state index contributed by atoms with van der Waals surface area (Å²) in [6.45, 7) is 6.59. The Hall–Kier alpha value is -2.73. The summed E-state index contributed by atoms with van der Waals surface area (Å²) >= 11 is 0. The number of hydrogen-bond donors (Lipinski definition) is 3. The van der Waals surface area contributed by atoms with E-state index in [-0.39, 0.29) is 12.3 Å². The lowest BCUT2D eigenvalue weighted by Gasteiger charge is -2.63. The first kappa shape index (κ1) is 35.1. The van der Waals surface area contributed by atoms with E-state index in [1.165, 1.54) is 7.11 Å². The van der Waals surface area contributed by atoms with E-state index < -0.39 is 53.2 Å². The van der Waals surface area contributed by atoms with E-state index in [0.717, 1.165) is 22.6 Å². The Balaban J connectivity index is 1.38. The highest BCUT2D eigenvalue weighted by molar-refractivity contribution is 5.78. The topological polar surface area (TPSA) is 133 Å². The molecule has 1 aliphatic carbocycles. The number of carbonyl (C=O) groups is 1. The summed E-state index contributed by atoms with van der Waals surface area (Å²) in [7, 11) is 4.72. The van der Waals surface area contributed by atoms with Crippen molar-refractivity contribution in [2.45, 2.75) is 76.7 Å². The number of methoxy groups -OCH3 is 3. The lowest BCUT2D eigenvalue weighted by atomic mass is 9.44. The number of ether oxygens (including phenoxy) is 6. The third kappa shape index (κ3) is 7.16. The van der Waals surface area contributed by atoms with Crippen LogP contribution in [0, 0.1) is 23.2 Å². The number of esters is 1. The summed E-state index contributed by atoms with van der Waals surface area (Å²) in [5, 5.41) is 34.2. The minimum Gasteiger partial charge on any atom is -0.497 e.